The molecule has 0 aliphatic carbocycles. The average Bonchev–Trinajstić information content (AvgIpc) is 3.15. The maximum atomic E-state index is 8.73. The summed E-state index contributed by atoms with van der Waals surface area (Å²) in [5.74, 6) is 0.764. The van der Waals surface area contributed by atoms with Crippen LogP contribution in [0.5, 0.6) is 0 Å². The molecule has 0 atom stereocenters. The first kappa shape index (κ1) is 17.1. The molecule has 4 heterocycles. The molecule has 0 saturated carbocycles. The highest BCUT2D eigenvalue weighted by molar-refractivity contribution is 7.99. The highest BCUT2D eigenvalue weighted by Crippen LogP contribution is 2.42. The second kappa shape index (κ2) is 6.84. The van der Waals surface area contributed by atoms with Gasteiger partial charge < -0.3 is 15.6 Å². The molecule has 3 N–H and O–H groups in total. The smallest absolute Gasteiger partial charge is 0.207 e. The van der Waals surface area contributed by atoms with Crippen LogP contribution in [0.15, 0.2) is 58.2 Å². The Labute approximate surface area is 168 Å². The molecule has 0 amide bonds. The van der Waals surface area contributed by atoms with Crippen LogP contribution in [0, 0.1) is 11.5 Å². The van der Waals surface area contributed by atoms with Gasteiger partial charge in [-0.3, -0.25) is 0 Å². The van der Waals surface area contributed by atoms with Crippen LogP contribution in [-0.2, 0) is 6.54 Å². The minimum atomic E-state index is 0.0138. The lowest BCUT2D eigenvalue weighted by Gasteiger charge is -2.19. The first-order chi connectivity index (χ1) is 14.2. The molecule has 1 aromatic carbocycles. The van der Waals surface area contributed by atoms with Gasteiger partial charge in [0.15, 0.2) is 17.3 Å². The van der Waals surface area contributed by atoms with Crippen molar-refractivity contribution in [3.8, 4) is 6.19 Å². The normalized spacial score (nSPS) is 12.7. The molecule has 0 fully saturated rings. The van der Waals surface area contributed by atoms with E-state index in [2.05, 4.69) is 47.4 Å². The van der Waals surface area contributed by atoms with Gasteiger partial charge in [-0.25, -0.2) is 24.9 Å². The van der Waals surface area contributed by atoms with E-state index in [0.29, 0.717) is 23.4 Å². The maximum Gasteiger partial charge on any atom is 0.207 e. The van der Waals surface area contributed by atoms with E-state index in [-0.39, 0.29) is 5.84 Å². The van der Waals surface area contributed by atoms with Crippen molar-refractivity contribution in [3.63, 3.8) is 0 Å². The molecule has 4 aromatic rings. The number of fused-ring (bicyclic) bond motifs is 3. The lowest BCUT2D eigenvalue weighted by Crippen LogP contribution is -2.15. The fourth-order valence-electron chi connectivity index (χ4n) is 3.07. The number of aromatic nitrogens is 6. The molecule has 0 unspecified atom stereocenters. The lowest BCUT2D eigenvalue weighted by molar-refractivity contribution is 0.812. The zero-order valence-corrected chi connectivity index (χ0v) is 15.6. The van der Waals surface area contributed by atoms with Crippen molar-refractivity contribution >= 4 is 40.3 Å². The first-order valence-corrected chi connectivity index (χ1v) is 9.32. The number of rotatable bonds is 3. The largest absolute Gasteiger partial charge is 0.381 e. The topological polar surface area (TPSA) is 144 Å². The predicted octanol–water partition coefficient (Wildman–Crippen LogP) is 2.06. The molecule has 3 aromatic heterocycles. The Morgan fingerprint density at radius 1 is 1.21 bits per heavy atom. The highest BCUT2D eigenvalue weighted by Gasteiger charge is 2.18. The number of nitrogens with two attached hydrogens (primary N) is 1. The molecule has 29 heavy (non-hydrogen) atoms. The van der Waals surface area contributed by atoms with Crippen molar-refractivity contribution in [1.82, 2.24) is 29.5 Å². The van der Waals surface area contributed by atoms with Gasteiger partial charge in [-0.2, -0.15) is 10.3 Å². The third kappa shape index (κ3) is 3.01. The molecule has 0 saturated heterocycles. The number of imidazole rings is 1. The summed E-state index contributed by atoms with van der Waals surface area (Å²) in [5.41, 5.74) is 9.30. The Kier molecular flexibility index (Phi) is 4.03. The molecule has 5 rings (SSSR count). The minimum Gasteiger partial charge on any atom is -0.381 e. The maximum absolute atomic E-state index is 8.73. The number of benzene rings is 1. The molecule has 0 bridgehead atoms. The lowest BCUT2D eigenvalue weighted by atomic mass is 10.2. The number of nitrogens with one attached hydrogen (secondary N) is 1. The minimum absolute atomic E-state index is 0.0138. The van der Waals surface area contributed by atoms with Crippen LogP contribution in [0.4, 0.5) is 11.5 Å². The fourth-order valence-corrected chi connectivity index (χ4v) is 3.95. The van der Waals surface area contributed by atoms with Gasteiger partial charge in [-0.05, 0) is 17.7 Å². The third-order valence-corrected chi connectivity index (χ3v) is 5.40. The SMILES string of the molecule is N#CN=C(N)c1ncnc2c1ncn2Cc1ccc2c(c1)Nc1nccnc1S2. The van der Waals surface area contributed by atoms with Crippen LogP contribution in [0.25, 0.3) is 11.2 Å². The van der Waals surface area contributed by atoms with E-state index in [4.69, 9.17) is 11.0 Å². The van der Waals surface area contributed by atoms with Gasteiger partial charge in [-0.15, -0.1) is 0 Å². The quantitative estimate of drug-likeness (QED) is 0.264. The van der Waals surface area contributed by atoms with E-state index >= 15 is 0 Å². The third-order valence-electron chi connectivity index (χ3n) is 4.34. The van der Waals surface area contributed by atoms with Gasteiger partial charge in [0.05, 0.1) is 18.6 Å². The Balaban J connectivity index is 1.48. The second-order valence-electron chi connectivity index (χ2n) is 6.13. The molecule has 0 spiro atoms. The monoisotopic (exact) mass is 400 g/mol. The van der Waals surface area contributed by atoms with Gasteiger partial charge in [-0.1, -0.05) is 17.8 Å². The second-order valence-corrected chi connectivity index (χ2v) is 7.16. The number of hydrogen-bond acceptors (Lipinski definition) is 9. The van der Waals surface area contributed by atoms with E-state index in [1.165, 1.54) is 6.33 Å². The van der Waals surface area contributed by atoms with E-state index in [0.717, 1.165) is 27.0 Å². The highest BCUT2D eigenvalue weighted by atomic mass is 32.2. The molecule has 1 aliphatic heterocycles. The van der Waals surface area contributed by atoms with E-state index in [9.17, 15) is 0 Å². The van der Waals surface area contributed by atoms with Crippen LogP contribution in [0.3, 0.4) is 0 Å². The van der Waals surface area contributed by atoms with Gasteiger partial charge in [0.2, 0.25) is 6.19 Å². The standard InChI is InChI=1S/C18H12N10S/c19-7-23-15(20)13-14-17(25-8-24-13)28(9-26-14)6-10-1-2-12-11(5-10)27-16-18(29-12)22-4-3-21-16/h1-5,8-9H,6H2,(H2,20,23)(H,21,27). The Bertz CT molecular complexity index is 1320. The van der Waals surface area contributed by atoms with Crippen LogP contribution in [0.1, 0.15) is 11.3 Å². The predicted molar refractivity (Wildman–Crippen MR) is 107 cm³/mol. The Morgan fingerprint density at radius 2 is 2.10 bits per heavy atom. The summed E-state index contributed by atoms with van der Waals surface area (Å²) in [6, 6.07) is 6.17. The summed E-state index contributed by atoms with van der Waals surface area (Å²) >= 11 is 1.58. The first-order valence-electron chi connectivity index (χ1n) is 8.50. The van der Waals surface area contributed by atoms with E-state index in [1.54, 1.807) is 36.7 Å². The molecular formula is C18H12N10S. The van der Waals surface area contributed by atoms with Crippen molar-refractivity contribution in [1.29, 1.82) is 5.26 Å². The number of aliphatic imine (C=N–C) groups is 1. The zero-order valence-electron chi connectivity index (χ0n) is 14.8. The van der Waals surface area contributed by atoms with Gasteiger partial charge in [0, 0.05) is 17.3 Å². The van der Waals surface area contributed by atoms with Crippen molar-refractivity contribution < 1.29 is 0 Å². The van der Waals surface area contributed by atoms with Crippen LogP contribution in [-0.4, -0.2) is 35.3 Å². The number of hydrogen-bond donors (Lipinski definition) is 2. The molecule has 10 nitrogen and oxygen atoms in total. The van der Waals surface area contributed by atoms with Gasteiger partial charge in [0.25, 0.3) is 0 Å². The fraction of sp³-hybridized carbons (Fsp3) is 0.0556. The van der Waals surface area contributed by atoms with Crippen molar-refractivity contribution in [3.05, 3.63) is 54.5 Å². The van der Waals surface area contributed by atoms with E-state index < -0.39 is 0 Å². The number of amidine groups is 1. The summed E-state index contributed by atoms with van der Waals surface area (Å²) in [4.78, 5) is 26.1. The molecule has 140 valence electrons. The molecule has 11 heteroatoms. The summed E-state index contributed by atoms with van der Waals surface area (Å²) < 4.78 is 1.89. The van der Waals surface area contributed by atoms with Crippen molar-refractivity contribution in [2.75, 3.05) is 5.32 Å². The summed E-state index contributed by atoms with van der Waals surface area (Å²) in [6.45, 7) is 0.551. The summed E-state index contributed by atoms with van der Waals surface area (Å²) in [6.07, 6.45) is 8.07. The Morgan fingerprint density at radius 3 is 3.00 bits per heavy atom. The van der Waals surface area contributed by atoms with Crippen molar-refractivity contribution in [2.24, 2.45) is 10.7 Å². The van der Waals surface area contributed by atoms with Crippen molar-refractivity contribution in [2.45, 2.75) is 16.5 Å². The average molecular weight is 400 g/mol. The molecular weight excluding hydrogens is 388 g/mol. The van der Waals surface area contributed by atoms with Gasteiger partial charge in [0.1, 0.15) is 22.6 Å². The number of nitriles is 1. The number of nitrogens with zero attached hydrogens (tertiary/aromatic N) is 8. The summed E-state index contributed by atoms with van der Waals surface area (Å²) in [5, 5.41) is 12.9. The number of anilines is 2. The summed E-state index contributed by atoms with van der Waals surface area (Å²) in [7, 11) is 0. The van der Waals surface area contributed by atoms with E-state index in [1.807, 2.05) is 10.6 Å². The zero-order chi connectivity index (χ0) is 19.8. The van der Waals surface area contributed by atoms with Gasteiger partial charge >= 0.3 is 0 Å². The van der Waals surface area contributed by atoms with Crippen LogP contribution < -0.4 is 11.1 Å². The molecule has 0 radical (unpaired) electrons. The molecule has 1 aliphatic rings. The Hall–Kier alpha value is -4.04. The van der Waals surface area contributed by atoms with Crippen LogP contribution in [0.2, 0.25) is 0 Å². The van der Waals surface area contributed by atoms with Crippen LogP contribution >= 0.6 is 11.8 Å².